The fourth-order valence-corrected chi connectivity index (χ4v) is 2.32. The Hall–Kier alpha value is -1.62. The number of carbonyl (C=O) groups excluding carboxylic acids is 1. The van der Waals surface area contributed by atoms with Gasteiger partial charge in [-0.05, 0) is 38.1 Å². The zero-order valence-corrected chi connectivity index (χ0v) is 11.8. The lowest BCUT2D eigenvalue weighted by molar-refractivity contribution is 0.0938. The van der Waals surface area contributed by atoms with Crippen molar-refractivity contribution < 1.29 is 4.79 Å². The largest absolute Gasteiger partial charge is 0.384 e. The molecule has 0 radical (unpaired) electrons. The number of amides is 1. The molecule has 5 heteroatoms. The van der Waals surface area contributed by atoms with Crippen molar-refractivity contribution in [2.45, 2.75) is 32.2 Å². The van der Waals surface area contributed by atoms with Crippen LogP contribution in [0.3, 0.4) is 0 Å². The Kier molecular flexibility index (Phi) is 4.04. The van der Waals surface area contributed by atoms with E-state index in [0.717, 1.165) is 25.2 Å². The highest BCUT2D eigenvalue weighted by Crippen LogP contribution is 2.16. The molecule has 1 aliphatic rings. The lowest BCUT2D eigenvalue weighted by Crippen LogP contribution is -2.36. The van der Waals surface area contributed by atoms with Crippen molar-refractivity contribution in [3.05, 3.63) is 23.4 Å². The minimum atomic E-state index is -0.0590. The summed E-state index contributed by atoms with van der Waals surface area (Å²) in [4.78, 5) is 18.7. The van der Waals surface area contributed by atoms with E-state index in [1.807, 2.05) is 19.9 Å². The second-order valence-corrected chi connectivity index (χ2v) is 5.58. The van der Waals surface area contributed by atoms with E-state index >= 15 is 0 Å². The molecule has 1 saturated heterocycles. The Morgan fingerprint density at radius 3 is 2.84 bits per heavy atom. The zero-order chi connectivity index (χ0) is 14.0. The second kappa shape index (κ2) is 5.57. The molecule has 0 aliphatic carbocycles. The van der Waals surface area contributed by atoms with Crippen LogP contribution in [0.4, 0.5) is 5.82 Å². The number of hydrogen-bond donors (Lipinski definition) is 2. The van der Waals surface area contributed by atoms with Crippen molar-refractivity contribution >= 4 is 11.7 Å². The molecule has 104 valence electrons. The van der Waals surface area contributed by atoms with E-state index in [2.05, 4.69) is 22.2 Å². The van der Waals surface area contributed by atoms with Gasteiger partial charge in [0.1, 0.15) is 5.82 Å². The number of nitrogens with zero attached hydrogens (tertiary/aromatic N) is 2. The van der Waals surface area contributed by atoms with Crippen LogP contribution in [0.2, 0.25) is 0 Å². The molecule has 2 rings (SSSR count). The van der Waals surface area contributed by atoms with Gasteiger partial charge < -0.3 is 16.0 Å². The SMILES string of the molecule is CC(C)c1cc(C(=O)NC2CCN(C)C2)cc(N)n1. The van der Waals surface area contributed by atoms with Gasteiger partial charge in [0.15, 0.2) is 0 Å². The van der Waals surface area contributed by atoms with Crippen LogP contribution in [0.1, 0.15) is 42.2 Å². The van der Waals surface area contributed by atoms with Crippen LogP contribution < -0.4 is 11.1 Å². The number of nitrogen functional groups attached to an aromatic ring is 1. The Bertz CT molecular complexity index is 473. The van der Waals surface area contributed by atoms with Crippen molar-refractivity contribution in [2.75, 3.05) is 25.9 Å². The van der Waals surface area contributed by atoms with Gasteiger partial charge in [0.25, 0.3) is 5.91 Å². The van der Waals surface area contributed by atoms with Crippen molar-refractivity contribution in [1.82, 2.24) is 15.2 Å². The number of hydrogen-bond acceptors (Lipinski definition) is 4. The summed E-state index contributed by atoms with van der Waals surface area (Å²) in [7, 11) is 2.06. The van der Waals surface area contributed by atoms with Crippen LogP contribution >= 0.6 is 0 Å². The molecule has 19 heavy (non-hydrogen) atoms. The Morgan fingerprint density at radius 2 is 2.26 bits per heavy atom. The normalized spacial score (nSPS) is 19.9. The summed E-state index contributed by atoms with van der Waals surface area (Å²) in [5.41, 5.74) is 7.22. The maximum absolute atomic E-state index is 12.2. The Balaban J connectivity index is 2.10. The quantitative estimate of drug-likeness (QED) is 0.859. The first-order valence-electron chi connectivity index (χ1n) is 6.72. The Labute approximate surface area is 114 Å². The fraction of sp³-hybridized carbons (Fsp3) is 0.571. The maximum Gasteiger partial charge on any atom is 0.251 e. The predicted octanol–water partition coefficient (Wildman–Crippen LogP) is 1.22. The number of likely N-dealkylation sites (N-methyl/N-ethyl adjacent to an activating group) is 1. The minimum Gasteiger partial charge on any atom is -0.384 e. The van der Waals surface area contributed by atoms with E-state index in [0.29, 0.717) is 11.4 Å². The summed E-state index contributed by atoms with van der Waals surface area (Å²) in [5.74, 6) is 0.601. The van der Waals surface area contributed by atoms with E-state index in [-0.39, 0.29) is 17.9 Å². The molecular weight excluding hydrogens is 240 g/mol. The number of aromatic nitrogens is 1. The standard InChI is InChI=1S/C14H22N4O/c1-9(2)12-6-10(7-13(15)17-12)14(19)16-11-4-5-18(3)8-11/h6-7,9,11H,4-5,8H2,1-3H3,(H2,15,17)(H,16,19). The summed E-state index contributed by atoms with van der Waals surface area (Å²) < 4.78 is 0. The Morgan fingerprint density at radius 1 is 1.53 bits per heavy atom. The topological polar surface area (TPSA) is 71.2 Å². The van der Waals surface area contributed by atoms with Crippen molar-refractivity contribution in [3.8, 4) is 0 Å². The molecule has 2 heterocycles. The highest BCUT2D eigenvalue weighted by molar-refractivity contribution is 5.95. The molecular formula is C14H22N4O. The van der Waals surface area contributed by atoms with Gasteiger partial charge in [-0.25, -0.2) is 4.98 Å². The number of carbonyl (C=O) groups is 1. The van der Waals surface area contributed by atoms with Gasteiger partial charge in [0.05, 0.1) is 0 Å². The van der Waals surface area contributed by atoms with E-state index in [4.69, 9.17) is 5.73 Å². The molecule has 1 unspecified atom stereocenters. The van der Waals surface area contributed by atoms with Crippen LogP contribution in [0.25, 0.3) is 0 Å². The van der Waals surface area contributed by atoms with Gasteiger partial charge in [0.2, 0.25) is 0 Å². The van der Waals surface area contributed by atoms with Gasteiger partial charge in [0, 0.05) is 23.8 Å². The first-order chi connectivity index (χ1) is 8.95. The number of pyridine rings is 1. The van der Waals surface area contributed by atoms with Gasteiger partial charge in [-0.2, -0.15) is 0 Å². The third-order valence-electron chi connectivity index (χ3n) is 3.45. The average molecular weight is 262 g/mol. The molecule has 1 aromatic heterocycles. The number of nitrogens with one attached hydrogen (secondary N) is 1. The third kappa shape index (κ3) is 3.44. The van der Waals surface area contributed by atoms with Crippen LogP contribution in [-0.2, 0) is 0 Å². The molecule has 0 bridgehead atoms. The average Bonchev–Trinajstić information content (AvgIpc) is 2.73. The summed E-state index contributed by atoms with van der Waals surface area (Å²) in [6.45, 7) is 6.01. The van der Waals surface area contributed by atoms with Gasteiger partial charge in [-0.3, -0.25) is 4.79 Å². The molecule has 1 aromatic rings. The molecule has 0 aromatic carbocycles. The van der Waals surface area contributed by atoms with E-state index in [1.54, 1.807) is 6.07 Å². The monoisotopic (exact) mass is 262 g/mol. The minimum absolute atomic E-state index is 0.0590. The molecule has 5 nitrogen and oxygen atoms in total. The first kappa shape index (κ1) is 13.8. The molecule has 3 N–H and O–H groups in total. The number of nitrogens with two attached hydrogens (primary N) is 1. The second-order valence-electron chi connectivity index (χ2n) is 5.58. The van der Waals surface area contributed by atoms with E-state index in [9.17, 15) is 4.79 Å². The molecule has 0 saturated carbocycles. The van der Waals surface area contributed by atoms with Crippen LogP contribution in [0.5, 0.6) is 0 Å². The number of anilines is 1. The highest BCUT2D eigenvalue weighted by atomic mass is 16.1. The lowest BCUT2D eigenvalue weighted by Gasteiger charge is -2.14. The van der Waals surface area contributed by atoms with Crippen molar-refractivity contribution in [1.29, 1.82) is 0 Å². The molecule has 1 atom stereocenters. The zero-order valence-electron chi connectivity index (χ0n) is 11.8. The first-order valence-corrected chi connectivity index (χ1v) is 6.72. The van der Waals surface area contributed by atoms with Gasteiger partial charge in [-0.1, -0.05) is 13.8 Å². The molecule has 1 fully saturated rings. The number of rotatable bonds is 3. The smallest absolute Gasteiger partial charge is 0.251 e. The maximum atomic E-state index is 12.2. The lowest BCUT2D eigenvalue weighted by atomic mass is 10.1. The van der Waals surface area contributed by atoms with Crippen LogP contribution in [-0.4, -0.2) is 42.0 Å². The summed E-state index contributed by atoms with van der Waals surface area (Å²) in [6.07, 6.45) is 1.000. The van der Waals surface area contributed by atoms with Crippen LogP contribution in [0, 0.1) is 0 Å². The summed E-state index contributed by atoms with van der Waals surface area (Å²) in [5, 5.41) is 3.05. The summed E-state index contributed by atoms with van der Waals surface area (Å²) in [6, 6.07) is 3.70. The van der Waals surface area contributed by atoms with E-state index < -0.39 is 0 Å². The van der Waals surface area contributed by atoms with Crippen LogP contribution in [0.15, 0.2) is 12.1 Å². The van der Waals surface area contributed by atoms with Gasteiger partial charge in [-0.15, -0.1) is 0 Å². The van der Waals surface area contributed by atoms with Crippen molar-refractivity contribution in [2.24, 2.45) is 0 Å². The molecule has 1 amide bonds. The van der Waals surface area contributed by atoms with Crippen molar-refractivity contribution in [3.63, 3.8) is 0 Å². The number of likely N-dealkylation sites (tertiary alicyclic amines) is 1. The fourth-order valence-electron chi connectivity index (χ4n) is 2.32. The summed E-state index contributed by atoms with van der Waals surface area (Å²) >= 11 is 0. The predicted molar refractivity (Wildman–Crippen MR) is 76.1 cm³/mol. The molecule has 1 aliphatic heterocycles. The highest BCUT2D eigenvalue weighted by Gasteiger charge is 2.22. The van der Waals surface area contributed by atoms with Gasteiger partial charge >= 0.3 is 0 Å². The van der Waals surface area contributed by atoms with E-state index in [1.165, 1.54) is 0 Å². The third-order valence-corrected chi connectivity index (χ3v) is 3.45. The molecule has 0 spiro atoms.